The van der Waals surface area contributed by atoms with Gasteiger partial charge in [0, 0.05) is 10.6 Å². The van der Waals surface area contributed by atoms with Gasteiger partial charge in [-0.15, -0.1) is 0 Å². The second kappa shape index (κ2) is 15.2. The summed E-state index contributed by atoms with van der Waals surface area (Å²) in [7, 11) is 0. The molecule has 200 valence electrons. The molecule has 0 aliphatic carbocycles. The average molecular weight is 597 g/mol. The van der Waals surface area contributed by atoms with Gasteiger partial charge in [-0.25, -0.2) is 10.2 Å². The standard InChI is InChI=1S/C26H31BrClN3O6/c1-5-35-22-13-17(12-20(27)24(22)37-15-23(32)36-6-2)14-29-31-26(34)21(11-16(3)4)30-25(33)18-7-9-19(28)10-8-18/h7-10,12-14,16,21H,5-6,11,15H2,1-4H3,(H,30,33)(H,31,34)/b29-14+. The number of carbonyl (C=O) groups excluding carboxylic acids is 3. The molecule has 0 aliphatic heterocycles. The van der Waals surface area contributed by atoms with Crippen LogP contribution in [0.2, 0.25) is 5.02 Å². The predicted octanol–water partition coefficient (Wildman–Crippen LogP) is 4.74. The van der Waals surface area contributed by atoms with Gasteiger partial charge in [0.2, 0.25) is 0 Å². The van der Waals surface area contributed by atoms with Gasteiger partial charge >= 0.3 is 5.97 Å². The van der Waals surface area contributed by atoms with Gasteiger partial charge in [0.05, 0.1) is 23.9 Å². The van der Waals surface area contributed by atoms with Crippen LogP contribution in [0.5, 0.6) is 11.5 Å². The van der Waals surface area contributed by atoms with E-state index < -0.39 is 17.9 Å². The SMILES string of the molecule is CCOC(=O)COc1c(Br)cc(/C=N/NC(=O)C(CC(C)C)NC(=O)c2ccc(Cl)cc2)cc1OCC. The number of halogens is 2. The molecular weight excluding hydrogens is 566 g/mol. The Labute approximate surface area is 230 Å². The maximum Gasteiger partial charge on any atom is 0.344 e. The van der Waals surface area contributed by atoms with Crippen LogP contribution in [0.1, 0.15) is 50.0 Å². The molecule has 0 fully saturated rings. The molecule has 37 heavy (non-hydrogen) atoms. The van der Waals surface area contributed by atoms with Crippen molar-refractivity contribution in [1.29, 1.82) is 0 Å². The third-order valence-electron chi connectivity index (χ3n) is 4.80. The van der Waals surface area contributed by atoms with Crippen molar-refractivity contribution in [2.24, 2.45) is 11.0 Å². The molecule has 9 nitrogen and oxygen atoms in total. The number of hydrazone groups is 1. The first-order valence-corrected chi connectivity index (χ1v) is 13.0. The first-order chi connectivity index (χ1) is 17.6. The van der Waals surface area contributed by atoms with Crippen LogP contribution in [-0.4, -0.2) is 49.9 Å². The molecule has 0 aliphatic rings. The van der Waals surface area contributed by atoms with E-state index in [1.165, 1.54) is 6.21 Å². The maximum atomic E-state index is 12.8. The summed E-state index contributed by atoms with van der Waals surface area (Å²) in [5.41, 5.74) is 3.49. The van der Waals surface area contributed by atoms with Crippen LogP contribution < -0.4 is 20.2 Å². The van der Waals surface area contributed by atoms with E-state index in [1.807, 2.05) is 20.8 Å². The van der Waals surface area contributed by atoms with Crippen molar-refractivity contribution in [1.82, 2.24) is 10.7 Å². The van der Waals surface area contributed by atoms with E-state index in [0.29, 0.717) is 45.1 Å². The Kier molecular flexibility index (Phi) is 12.4. The Morgan fingerprint density at radius 3 is 2.41 bits per heavy atom. The molecule has 2 amide bonds. The number of esters is 1. The fourth-order valence-corrected chi connectivity index (χ4v) is 3.89. The number of nitrogens with zero attached hydrogens (tertiary/aromatic N) is 1. The summed E-state index contributed by atoms with van der Waals surface area (Å²) in [5.74, 6) is -0.447. The fourth-order valence-electron chi connectivity index (χ4n) is 3.19. The Bertz CT molecular complexity index is 1110. The molecule has 2 aromatic rings. The number of hydrogen-bond acceptors (Lipinski definition) is 7. The highest BCUT2D eigenvalue weighted by Crippen LogP contribution is 2.36. The number of rotatable bonds is 13. The highest BCUT2D eigenvalue weighted by atomic mass is 79.9. The van der Waals surface area contributed by atoms with Gasteiger partial charge in [-0.05, 0) is 84.1 Å². The summed E-state index contributed by atoms with van der Waals surface area (Å²) in [4.78, 5) is 37.1. The van der Waals surface area contributed by atoms with Crippen LogP contribution in [-0.2, 0) is 14.3 Å². The molecule has 1 atom stereocenters. The van der Waals surface area contributed by atoms with Crippen molar-refractivity contribution in [2.75, 3.05) is 19.8 Å². The second-order valence-electron chi connectivity index (χ2n) is 8.25. The zero-order valence-corrected chi connectivity index (χ0v) is 23.5. The molecule has 0 radical (unpaired) electrons. The normalized spacial score (nSPS) is 11.8. The molecule has 1 unspecified atom stereocenters. The quantitative estimate of drug-likeness (QED) is 0.196. The first-order valence-electron chi connectivity index (χ1n) is 11.8. The summed E-state index contributed by atoms with van der Waals surface area (Å²) in [5, 5.41) is 7.32. The van der Waals surface area contributed by atoms with Crippen LogP contribution in [0.25, 0.3) is 0 Å². The van der Waals surface area contributed by atoms with E-state index in [2.05, 4.69) is 31.8 Å². The summed E-state index contributed by atoms with van der Waals surface area (Å²) >= 11 is 9.31. The zero-order valence-electron chi connectivity index (χ0n) is 21.2. The van der Waals surface area contributed by atoms with Gasteiger partial charge in [0.1, 0.15) is 6.04 Å². The third kappa shape index (κ3) is 10.0. The van der Waals surface area contributed by atoms with Crippen molar-refractivity contribution in [3.8, 4) is 11.5 Å². The minimum atomic E-state index is -0.787. The van der Waals surface area contributed by atoms with Crippen molar-refractivity contribution >= 4 is 51.5 Å². The van der Waals surface area contributed by atoms with Crippen LogP contribution in [0.4, 0.5) is 0 Å². The van der Waals surface area contributed by atoms with Gasteiger partial charge in [0.25, 0.3) is 11.8 Å². The Balaban J connectivity index is 2.11. The Morgan fingerprint density at radius 1 is 1.08 bits per heavy atom. The fraction of sp³-hybridized carbons (Fsp3) is 0.385. The summed E-state index contributed by atoms with van der Waals surface area (Å²) in [6, 6.07) is 8.98. The van der Waals surface area contributed by atoms with Crippen molar-refractivity contribution < 1.29 is 28.6 Å². The molecule has 2 aromatic carbocycles. The number of nitrogens with one attached hydrogen (secondary N) is 2. The highest BCUT2D eigenvalue weighted by Gasteiger charge is 2.22. The summed E-state index contributed by atoms with van der Waals surface area (Å²) in [6.45, 7) is 7.79. The topological polar surface area (TPSA) is 115 Å². The predicted molar refractivity (Wildman–Crippen MR) is 145 cm³/mol. The summed E-state index contributed by atoms with van der Waals surface area (Å²) < 4.78 is 16.6. The Hall–Kier alpha value is -3.11. The molecule has 0 spiro atoms. The van der Waals surface area contributed by atoms with E-state index in [4.69, 9.17) is 25.8 Å². The average Bonchev–Trinajstić information content (AvgIpc) is 2.83. The lowest BCUT2D eigenvalue weighted by Gasteiger charge is -2.19. The van der Waals surface area contributed by atoms with Crippen LogP contribution >= 0.6 is 27.5 Å². The lowest BCUT2D eigenvalue weighted by Crippen LogP contribution is -2.46. The number of amides is 2. The van der Waals surface area contributed by atoms with Gasteiger partial charge < -0.3 is 19.5 Å². The van der Waals surface area contributed by atoms with Gasteiger partial charge in [-0.1, -0.05) is 25.4 Å². The third-order valence-corrected chi connectivity index (χ3v) is 5.64. The zero-order chi connectivity index (χ0) is 27.4. The van der Waals surface area contributed by atoms with Gasteiger partial charge in [-0.3, -0.25) is 9.59 Å². The second-order valence-corrected chi connectivity index (χ2v) is 9.54. The Morgan fingerprint density at radius 2 is 1.78 bits per heavy atom. The largest absolute Gasteiger partial charge is 0.490 e. The van der Waals surface area contributed by atoms with E-state index in [0.717, 1.165) is 0 Å². The highest BCUT2D eigenvalue weighted by molar-refractivity contribution is 9.10. The number of carbonyl (C=O) groups is 3. The minimum absolute atomic E-state index is 0.150. The van der Waals surface area contributed by atoms with Crippen molar-refractivity contribution in [3.63, 3.8) is 0 Å². The van der Waals surface area contributed by atoms with Gasteiger partial charge in [-0.2, -0.15) is 5.10 Å². The molecule has 11 heteroatoms. The van der Waals surface area contributed by atoms with Crippen LogP contribution in [0.15, 0.2) is 46.0 Å². The molecule has 0 bridgehead atoms. The van der Waals surface area contributed by atoms with E-state index >= 15 is 0 Å². The maximum absolute atomic E-state index is 12.8. The lowest BCUT2D eigenvalue weighted by atomic mass is 10.0. The van der Waals surface area contributed by atoms with E-state index in [-0.39, 0.29) is 25.0 Å². The first kappa shape index (κ1) is 30.1. The van der Waals surface area contributed by atoms with Gasteiger partial charge in [0.15, 0.2) is 18.1 Å². The lowest BCUT2D eigenvalue weighted by molar-refractivity contribution is -0.145. The molecule has 0 heterocycles. The van der Waals surface area contributed by atoms with E-state index in [9.17, 15) is 14.4 Å². The van der Waals surface area contributed by atoms with Crippen molar-refractivity contribution in [2.45, 2.75) is 40.2 Å². The minimum Gasteiger partial charge on any atom is -0.490 e. The monoisotopic (exact) mass is 595 g/mol. The van der Waals surface area contributed by atoms with Crippen LogP contribution in [0, 0.1) is 5.92 Å². The van der Waals surface area contributed by atoms with Crippen molar-refractivity contribution in [3.05, 3.63) is 57.0 Å². The molecule has 2 N–H and O–H groups in total. The van der Waals surface area contributed by atoms with E-state index in [1.54, 1.807) is 43.3 Å². The summed E-state index contributed by atoms with van der Waals surface area (Å²) in [6.07, 6.45) is 1.86. The molecule has 0 saturated heterocycles. The smallest absolute Gasteiger partial charge is 0.344 e. The number of hydrogen-bond donors (Lipinski definition) is 2. The molecule has 2 rings (SSSR count). The molecule has 0 saturated carbocycles. The molecular formula is C26H31BrClN3O6. The number of ether oxygens (including phenoxy) is 3. The molecule has 0 aromatic heterocycles. The number of benzene rings is 2. The van der Waals surface area contributed by atoms with Crippen LogP contribution in [0.3, 0.4) is 0 Å².